The molecule has 0 aliphatic carbocycles. The molecule has 2 N–H and O–H groups in total. The molecule has 0 spiro atoms. The van der Waals surface area contributed by atoms with Crippen LogP contribution in [0.4, 0.5) is 0 Å². The van der Waals surface area contributed by atoms with Crippen LogP contribution in [0.5, 0.6) is 0 Å². The molecule has 0 aliphatic heterocycles. The predicted octanol–water partition coefficient (Wildman–Crippen LogP) is 2.34. The Morgan fingerprint density at radius 2 is 2.00 bits per heavy atom. The molecule has 0 saturated heterocycles. The van der Waals surface area contributed by atoms with Gasteiger partial charge in [0, 0.05) is 19.6 Å². The number of rotatable bonds is 8. The molecule has 16 heavy (non-hydrogen) atoms. The largest absolute Gasteiger partial charge is 0.396 e. The fraction of sp³-hybridized carbons (Fsp3) is 0.923. The van der Waals surface area contributed by atoms with Crippen molar-refractivity contribution >= 4 is 5.91 Å². The second kappa shape index (κ2) is 7.66. The highest BCUT2D eigenvalue weighted by Crippen LogP contribution is 2.20. The third-order valence-electron chi connectivity index (χ3n) is 2.72. The summed E-state index contributed by atoms with van der Waals surface area (Å²) in [5.74, 6) is 0.721. The molecule has 1 amide bonds. The van der Waals surface area contributed by atoms with Crippen LogP contribution in [0, 0.1) is 11.3 Å². The van der Waals surface area contributed by atoms with Gasteiger partial charge < -0.3 is 10.4 Å². The van der Waals surface area contributed by atoms with E-state index in [4.69, 9.17) is 5.11 Å². The van der Waals surface area contributed by atoms with E-state index >= 15 is 0 Å². The lowest BCUT2D eigenvalue weighted by Gasteiger charge is -2.24. The van der Waals surface area contributed by atoms with Crippen LogP contribution in [0.15, 0.2) is 0 Å². The van der Waals surface area contributed by atoms with Gasteiger partial charge in [-0.25, -0.2) is 0 Å². The van der Waals surface area contributed by atoms with Gasteiger partial charge in [-0.3, -0.25) is 4.79 Å². The summed E-state index contributed by atoms with van der Waals surface area (Å²) in [5.41, 5.74) is 0.0796. The van der Waals surface area contributed by atoms with Crippen LogP contribution in [0.3, 0.4) is 0 Å². The van der Waals surface area contributed by atoms with Gasteiger partial charge in [0.15, 0.2) is 0 Å². The summed E-state index contributed by atoms with van der Waals surface area (Å²) in [7, 11) is 0. The van der Waals surface area contributed by atoms with Crippen molar-refractivity contribution in [2.45, 2.75) is 53.4 Å². The van der Waals surface area contributed by atoms with Crippen molar-refractivity contribution in [3.05, 3.63) is 0 Å². The number of aliphatic hydroxyl groups is 1. The molecule has 0 aliphatic rings. The molecule has 0 aromatic heterocycles. The van der Waals surface area contributed by atoms with Gasteiger partial charge in [-0.2, -0.15) is 0 Å². The lowest BCUT2D eigenvalue weighted by atomic mass is 9.88. The molecule has 0 aromatic rings. The summed E-state index contributed by atoms with van der Waals surface area (Å²) < 4.78 is 0. The van der Waals surface area contributed by atoms with E-state index in [-0.39, 0.29) is 17.9 Å². The molecule has 3 heteroatoms. The molecule has 0 atom stereocenters. The molecule has 0 rings (SSSR count). The second-order valence-electron chi connectivity index (χ2n) is 5.70. The number of carbonyl (C=O) groups is 1. The van der Waals surface area contributed by atoms with Crippen LogP contribution >= 0.6 is 0 Å². The molecular weight excluding hydrogens is 202 g/mol. The number of hydrogen-bond donors (Lipinski definition) is 2. The van der Waals surface area contributed by atoms with Crippen molar-refractivity contribution in [2.75, 3.05) is 13.2 Å². The van der Waals surface area contributed by atoms with Gasteiger partial charge in [-0.05, 0) is 30.6 Å². The molecule has 0 fully saturated rings. The standard InChI is InChI=1S/C13H27NO2/c1-11(2)6-7-12(16)14-10-13(3,4)8-5-9-15/h11,15H,5-10H2,1-4H3,(H,14,16). The van der Waals surface area contributed by atoms with Gasteiger partial charge >= 0.3 is 0 Å². The minimum absolute atomic E-state index is 0.0796. The maximum atomic E-state index is 11.5. The van der Waals surface area contributed by atoms with Gasteiger partial charge in [0.1, 0.15) is 0 Å². The van der Waals surface area contributed by atoms with Crippen molar-refractivity contribution < 1.29 is 9.90 Å². The van der Waals surface area contributed by atoms with E-state index in [1.54, 1.807) is 0 Å². The SMILES string of the molecule is CC(C)CCC(=O)NCC(C)(C)CCCO. The fourth-order valence-electron chi connectivity index (χ4n) is 1.49. The first kappa shape index (κ1) is 15.4. The molecular formula is C13H27NO2. The highest BCUT2D eigenvalue weighted by atomic mass is 16.2. The highest BCUT2D eigenvalue weighted by Gasteiger charge is 2.18. The van der Waals surface area contributed by atoms with Gasteiger partial charge in [0.05, 0.1) is 0 Å². The smallest absolute Gasteiger partial charge is 0.220 e. The number of amides is 1. The Balaban J connectivity index is 3.72. The molecule has 0 radical (unpaired) electrons. The van der Waals surface area contributed by atoms with E-state index in [1.165, 1.54) is 0 Å². The Morgan fingerprint density at radius 3 is 2.50 bits per heavy atom. The Bertz CT molecular complexity index is 200. The van der Waals surface area contributed by atoms with Gasteiger partial charge in [-0.1, -0.05) is 27.7 Å². The first-order valence-corrected chi connectivity index (χ1v) is 6.25. The Kier molecular flexibility index (Phi) is 7.39. The minimum atomic E-state index is 0.0796. The van der Waals surface area contributed by atoms with Crippen molar-refractivity contribution in [1.29, 1.82) is 0 Å². The minimum Gasteiger partial charge on any atom is -0.396 e. The van der Waals surface area contributed by atoms with Crippen molar-refractivity contribution in [2.24, 2.45) is 11.3 Å². The van der Waals surface area contributed by atoms with Crippen molar-refractivity contribution in [3.63, 3.8) is 0 Å². The predicted molar refractivity (Wildman–Crippen MR) is 67.2 cm³/mol. The van der Waals surface area contributed by atoms with Gasteiger partial charge in [0.2, 0.25) is 5.91 Å². The van der Waals surface area contributed by atoms with E-state index in [1.807, 2.05) is 0 Å². The zero-order valence-electron chi connectivity index (χ0n) is 11.2. The maximum Gasteiger partial charge on any atom is 0.220 e. The molecule has 3 nitrogen and oxygen atoms in total. The molecule has 0 saturated carbocycles. The zero-order valence-corrected chi connectivity index (χ0v) is 11.2. The summed E-state index contributed by atoms with van der Waals surface area (Å²) in [5, 5.41) is 11.7. The quantitative estimate of drug-likeness (QED) is 0.671. The van der Waals surface area contributed by atoms with Gasteiger partial charge in [-0.15, -0.1) is 0 Å². The van der Waals surface area contributed by atoms with Crippen LogP contribution in [0.1, 0.15) is 53.4 Å². The maximum absolute atomic E-state index is 11.5. The molecule has 0 heterocycles. The number of carbonyl (C=O) groups excluding carboxylic acids is 1. The highest BCUT2D eigenvalue weighted by molar-refractivity contribution is 5.75. The van der Waals surface area contributed by atoms with Crippen molar-refractivity contribution in [1.82, 2.24) is 5.32 Å². The average Bonchev–Trinajstić information content (AvgIpc) is 2.21. The molecule has 0 unspecified atom stereocenters. The summed E-state index contributed by atoms with van der Waals surface area (Å²) in [4.78, 5) is 11.5. The molecule has 96 valence electrons. The summed E-state index contributed by atoms with van der Waals surface area (Å²) in [6.45, 7) is 9.41. The Labute approximate surface area is 99.6 Å². The van der Waals surface area contributed by atoms with Crippen molar-refractivity contribution in [3.8, 4) is 0 Å². The monoisotopic (exact) mass is 229 g/mol. The first-order valence-electron chi connectivity index (χ1n) is 6.25. The Hall–Kier alpha value is -0.570. The van der Waals surface area contributed by atoms with Crippen LogP contribution in [-0.2, 0) is 4.79 Å². The normalized spacial score (nSPS) is 11.9. The first-order chi connectivity index (χ1) is 7.37. The van der Waals surface area contributed by atoms with E-state index in [9.17, 15) is 4.79 Å². The third-order valence-corrected chi connectivity index (χ3v) is 2.72. The summed E-state index contributed by atoms with van der Waals surface area (Å²) in [6.07, 6.45) is 3.31. The van der Waals surface area contributed by atoms with Crippen LogP contribution in [0.25, 0.3) is 0 Å². The second-order valence-corrected chi connectivity index (χ2v) is 5.70. The summed E-state index contributed by atoms with van der Waals surface area (Å²) >= 11 is 0. The number of aliphatic hydroxyl groups excluding tert-OH is 1. The zero-order chi connectivity index (χ0) is 12.6. The molecule has 0 bridgehead atoms. The van der Waals surface area contributed by atoms with Crippen LogP contribution in [0.2, 0.25) is 0 Å². The lowest BCUT2D eigenvalue weighted by molar-refractivity contribution is -0.121. The average molecular weight is 229 g/mol. The van der Waals surface area contributed by atoms with Gasteiger partial charge in [0.25, 0.3) is 0 Å². The van der Waals surface area contributed by atoms with E-state index < -0.39 is 0 Å². The molecule has 0 aromatic carbocycles. The number of nitrogens with one attached hydrogen (secondary N) is 1. The Morgan fingerprint density at radius 1 is 1.38 bits per heavy atom. The van der Waals surface area contributed by atoms with E-state index in [0.717, 1.165) is 19.3 Å². The summed E-state index contributed by atoms with van der Waals surface area (Å²) in [6, 6.07) is 0. The topological polar surface area (TPSA) is 49.3 Å². The lowest BCUT2D eigenvalue weighted by Crippen LogP contribution is -2.34. The fourth-order valence-corrected chi connectivity index (χ4v) is 1.49. The number of hydrogen-bond acceptors (Lipinski definition) is 2. The van der Waals surface area contributed by atoms with Crippen LogP contribution < -0.4 is 5.32 Å². The third kappa shape index (κ3) is 8.72. The van der Waals surface area contributed by atoms with E-state index in [0.29, 0.717) is 18.9 Å². The van der Waals surface area contributed by atoms with Crippen LogP contribution in [-0.4, -0.2) is 24.2 Å². The van der Waals surface area contributed by atoms with E-state index in [2.05, 4.69) is 33.0 Å².